The molecule has 1 saturated heterocycles. The van der Waals surface area contributed by atoms with E-state index in [0.717, 1.165) is 6.54 Å². The molecule has 1 aromatic heterocycles. The lowest BCUT2D eigenvalue weighted by atomic mass is 10.1. The van der Waals surface area contributed by atoms with Crippen LogP contribution < -0.4 is 0 Å². The molecule has 0 bridgehead atoms. The molecular weight excluding hydrogens is 246 g/mol. The number of fused-ring (bicyclic) bond motifs is 1. The molecule has 1 atom stereocenters. The van der Waals surface area contributed by atoms with Crippen molar-refractivity contribution in [3.63, 3.8) is 0 Å². The predicted molar refractivity (Wildman–Crippen MR) is 84.9 cm³/mol. The highest BCUT2D eigenvalue weighted by Gasteiger charge is 2.19. The van der Waals surface area contributed by atoms with Crippen molar-refractivity contribution in [3.8, 4) is 0 Å². The highest BCUT2D eigenvalue weighted by atomic mass is 15.2. The number of rotatable bonds is 3. The third-order valence-electron chi connectivity index (χ3n) is 4.48. The maximum absolute atomic E-state index is 3.26. The van der Waals surface area contributed by atoms with Crippen molar-refractivity contribution >= 4 is 10.9 Å². The number of benzene rings is 1. The summed E-state index contributed by atoms with van der Waals surface area (Å²) in [5, 5.41) is 1.32. The first kappa shape index (κ1) is 13.7. The molecule has 1 aromatic carbocycles. The lowest BCUT2D eigenvalue weighted by molar-refractivity contribution is 0.191. The normalized spacial score (nSPS) is 21.4. The van der Waals surface area contributed by atoms with E-state index in [-0.39, 0.29) is 0 Å². The lowest BCUT2D eigenvalue weighted by Gasteiger charge is -2.28. The molecule has 2 aromatic rings. The average molecular weight is 271 g/mol. The van der Waals surface area contributed by atoms with Crippen LogP contribution in [-0.2, 0) is 6.54 Å². The smallest absolute Gasteiger partial charge is 0.0454 e. The highest BCUT2D eigenvalue weighted by molar-refractivity contribution is 5.79. The van der Waals surface area contributed by atoms with Crippen molar-refractivity contribution in [2.24, 2.45) is 0 Å². The molecule has 2 heterocycles. The van der Waals surface area contributed by atoms with Gasteiger partial charge in [0.05, 0.1) is 0 Å². The number of hydrogen-bond acceptors (Lipinski definition) is 2. The van der Waals surface area contributed by atoms with Crippen LogP contribution in [0, 0.1) is 0 Å². The zero-order valence-electron chi connectivity index (χ0n) is 12.6. The summed E-state index contributed by atoms with van der Waals surface area (Å²) in [7, 11) is 4.42. The Labute approximate surface area is 121 Å². The zero-order valence-corrected chi connectivity index (χ0v) is 12.6. The number of H-pyrrole nitrogens is 1. The number of nitrogens with zero attached hydrogens (tertiary/aromatic N) is 2. The van der Waals surface area contributed by atoms with Gasteiger partial charge in [0.2, 0.25) is 0 Å². The molecule has 1 fully saturated rings. The predicted octanol–water partition coefficient (Wildman–Crippen LogP) is 3.08. The summed E-state index contributed by atoms with van der Waals surface area (Å²) >= 11 is 0. The molecule has 0 spiro atoms. The fourth-order valence-electron chi connectivity index (χ4n) is 3.22. The Hall–Kier alpha value is -1.32. The molecule has 0 aliphatic carbocycles. The first-order valence-electron chi connectivity index (χ1n) is 7.67. The fraction of sp³-hybridized carbons (Fsp3) is 0.529. The molecular formula is C17H25N3. The van der Waals surface area contributed by atoms with Gasteiger partial charge in [-0.05, 0) is 62.6 Å². The van der Waals surface area contributed by atoms with Crippen LogP contribution in [0.25, 0.3) is 10.9 Å². The molecule has 20 heavy (non-hydrogen) atoms. The Morgan fingerprint density at radius 1 is 1.25 bits per heavy atom. The summed E-state index contributed by atoms with van der Waals surface area (Å²) in [6, 6.07) is 9.64. The number of aromatic amines is 1. The highest BCUT2D eigenvalue weighted by Crippen LogP contribution is 2.19. The van der Waals surface area contributed by atoms with Crippen LogP contribution in [0.2, 0.25) is 0 Å². The second-order valence-corrected chi connectivity index (χ2v) is 6.25. The van der Waals surface area contributed by atoms with Crippen molar-refractivity contribution in [2.45, 2.75) is 31.8 Å². The van der Waals surface area contributed by atoms with E-state index in [1.54, 1.807) is 0 Å². The van der Waals surface area contributed by atoms with Crippen molar-refractivity contribution in [3.05, 3.63) is 36.0 Å². The van der Waals surface area contributed by atoms with E-state index in [4.69, 9.17) is 0 Å². The molecule has 0 unspecified atom stereocenters. The van der Waals surface area contributed by atoms with Crippen molar-refractivity contribution in [1.29, 1.82) is 0 Å². The maximum atomic E-state index is 3.26. The van der Waals surface area contributed by atoms with Gasteiger partial charge in [-0.3, -0.25) is 4.90 Å². The third-order valence-corrected chi connectivity index (χ3v) is 4.48. The molecule has 0 saturated carbocycles. The largest absolute Gasteiger partial charge is 0.361 e. The molecule has 1 aliphatic heterocycles. The molecule has 1 N–H and O–H groups in total. The summed E-state index contributed by atoms with van der Waals surface area (Å²) in [4.78, 5) is 8.26. The number of likely N-dealkylation sites (N-methyl/N-ethyl adjacent to an activating group) is 1. The standard InChI is InChI=1S/C17H25N3/c1-19(2)16-5-3-4-10-20(13-16)12-14-6-7-17-15(11-14)8-9-18-17/h6-9,11,16,18H,3-5,10,12-13H2,1-2H3/t16-/m0/s1. The van der Waals surface area contributed by atoms with Gasteiger partial charge in [-0.15, -0.1) is 0 Å². The first-order valence-corrected chi connectivity index (χ1v) is 7.67. The number of nitrogens with one attached hydrogen (secondary N) is 1. The van der Waals surface area contributed by atoms with Gasteiger partial charge >= 0.3 is 0 Å². The van der Waals surface area contributed by atoms with E-state index < -0.39 is 0 Å². The lowest BCUT2D eigenvalue weighted by Crippen LogP contribution is -2.38. The van der Waals surface area contributed by atoms with Crippen LogP contribution >= 0.6 is 0 Å². The summed E-state index contributed by atoms with van der Waals surface area (Å²) in [5.74, 6) is 0. The topological polar surface area (TPSA) is 22.3 Å². The van der Waals surface area contributed by atoms with Gasteiger partial charge in [0.15, 0.2) is 0 Å². The minimum atomic E-state index is 0.702. The van der Waals surface area contributed by atoms with Gasteiger partial charge in [-0.1, -0.05) is 12.5 Å². The van der Waals surface area contributed by atoms with Crippen molar-refractivity contribution < 1.29 is 0 Å². The van der Waals surface area contributed by atoms with Crippen LogP contribution in [0.5, 0.6) is 0 Å². The number of likely N-dealkylation sites (tertiary alicyclic amines) is 1. The Kier molecular flexibility index (Phi) is 4.08. The van der Waals surface area contributed by atoms with Crippen LogP contribution in [0.1, 0.15) is 24.8 Å². The minimum Gasteiger partial charge on any atom is -0.361 e. The minimum absolute atomic E-state index is 0.702. The van der Waals surface area contributed by atoms with Gasteiger partial charge in [0.25, 0.3) is 0 Å². The van der Waals surface area contributed by atoms with Gasteiger partial charge < -0.3 is 9.88 Å². The van der Waals surface area contributed by atoms with Crippen LogP contribution in [0.15, 0.2) is 30.5 Å². The van der Waals surface area contributed by atoms with E-state index >= 15 is 0 Å². The van der Waals surface area contributed by atoms with E-state index in [1.165, 1.54) is 48.8 Å². The Morgan fingerprint density at radius 3 is 3.00 bits per heavy atom. The van der Waals surface area contributed by atoms with Crippen LogP contribution in [0.3, 0.4) is 0 Å². The SMILES string of the molecule is CN(C)[C@H]1CCCCN(Cc2ccc3[nH]ccc3c2)C1. The molecule has 3 rings (SSSR count). The zero-order chi connectivity index (χ0) is 13.9. The van der Waals surface area contributed by atoms with Crippen molar-refractivity contribution in [2.75, 3.05) is 27.2 Å². The molecule has 3 heteroatoms. The van der Waals surface area contributed by atoms with E-state index in [0.29, 0.717) is 6.04 Å². The summed E-state index contributed by atoms with van der Waals surface area (Å²) in [5.41, 5.74) is 2.66. The monoisotopic (exact) mass is 271 g/mol. The van der Waals surface area contributed by atoms with Gasteiger partial charge in [-0.2, -0.15) is 0 Å². The maximum Gasteiger partial charge on any atom is 0.0454 e. The second-order valence-electron chi connectivity index (χ2n) is 6.25. The van der Waals surface area contributed by atoms with Crippen LogP contribution in [-0.4, -0.2) is 48.0 Å². The molecule has 0 radical (unpaired) electrons. The fourth-order valence-corrected chi connectivity index (χ4v) is 3.22. The first-order chi connectivity index (χ1) is 9.72. The molecule has 3 nitrogen and oxygen atoms in total. The molecule has 1 aliphatic rings. The summed E-state index contributed by atoms with van der Waals surface area (Å²) in [6.07, 6.45) is 6.04. The Balaban J connectivity index is 1.71. The molecule has 108 valence electrons. The quantitative estimate of drug-likeness (QED) is 0.927. The van der Waals surface area contributed by atoms with Gasteiger partial charge in [-0.25, -0.2) is 0 Å². The number of hydrogen-bond donors (Lipinski definition) is 1. The van der Waals surface area contributed by atoms with E-state index in [9.17, 15) is 0 Å². The number of aromatic nitrogens is 1. The van der Waals surface area contributed by atoms with Gasteiger partial charge in [0.1, 0.15) is 0 Å². The third kappa shape index (κ3) is 3.05. The Bertz CT molecular complexity index is 558. The average Bonchev–Trinajstić information content (AvgIpc) is 2.76. The summed E-state index contributed by atoms with van der Waals surface area (Å²) < 4.78 is 0. The summed E-state index contributed by atoms with van der Waals surface area (Å²) in [6.45, 7) is 3.50. The van der Waals surface area contributed by atoms with Gasteiger partial charge in [0, 0.05) is 30.8 Å². The van der Waals surface area contributed by atoms with Crippen molar-refractivity contribution in [1.82, 2.24) is 14.8 Å². The van der Waals surface area contributed by atoms with E-state index in [1.807, 2.05) is 6.20 Å². The second kappa shape index (κ2) is 5.98. The van der Waals surface area contributed by atoms with Crippen LogP contribution in [0.4, 0.5) is 0 Å². The van der Waals surface area contributed by atoms with E-state index in [2.05, 4.69) is 53.1 Å². The Morgan fingerprint density at radius 2 is 2.15 bits per heavy atom. The molecule has 0 amide bonds.